The van der Waals surface area contributed by atoms with Gasteiger partial charge in [-0.2, -0.15) is 5.10 Å². The van der Waals surface area contributed by atoms with E-state index in [1.807, 2.05) is 43.5 Å². The number of hydrogen-bond acceptors (Lipinski definition) is 4. The lowest BCUT2D eigenvalue weighted by molar-refractivity contribution is 0.658. The quantitative estimate of drug-likeness (QED) is 0.560. The normalized spacial score (nSPS) is 13.3. The monoisotopic (exact) mass is 341 g/mol. The molecule has 4 aromatic rings. The fraction of sp³-hybridized carbons (Fsp3) is 0.190. The molecule has 0 amide bonds. The Morgan fingerprint density at radius 2 is 1.96 bits per heavy atom. The standard InChI is InChI=1S/C21H19N5/c1-13-5-2-8-17(24-13)21-19(18-9-4-12-26(18)25-21)14-10-11-23-20-15(14)6-3-7-16(20)22/h2-3,5-8,10-11H,4,9,12,22H2,1H3. The van der Waals surface area contributed by atoms with Crippen molar-refractivity contribution in [2.45, 2.75) is 26.3 Å². The highest BCUT2D eigenvalue weighted by molar-refractivity contribution is 6.02. The average Bonchev–Trinajstić information content (AvgIpc) is 3.23. The summed E-state index contributed by atoms with van der Waals surface area (Å²) in [5.74, 6) is 0. The fourth-order valence-corrected chi connectivity index (χ4v) is 3.89. The highest BCUT2D eigenvalue weighted by Gasteiger charge is 2.25. The molecule has 4 heterocycles. The second-order valence-electron chi connectivity index (χ2n) is 6.76. The van der Waals surface area contributed by atoms with Gasteiger partial charge in [0, 0.05) is 35.1 Å². The van der Waals surface area contributed by atoms with Crippen molar-refractivity contribution in [3.8, 4) is 22.5 Å². The number of hydrogen-bond donors (Lipinski definition) is 1. The minimum atomic E-state index is 0.698. The van der Waals surface area contributed by atoms with Crippen LogP contribution < -0.4 is 5.73 Å². The Labute approximate surface area is 151 Å². The van der Waals surface area contributed by atoms with Crippen LogP contribution in [0.25, 0.3) is 33.4 Å². The predicted octanol–water partition coefficient (Wildman–Crippen LogP) is 4.00. The van der Waals surface area contributed by atoms with E-state index in [-0.39, 0.29) is 0 Å². The highest BCUT2D eigenvalue weighted by atomic mass is 15.3. The predicted molar refractivity (Wildman–Crippen MR) is 104 cm³/mol. The maximum Gasteiger partial charge on any atom is 0.119 e. The van der Waals surface area contributed by atoms with Crippen LogP contribution in [0.5, 0.6) is 0 Å². The minimum Gasteiger partial charge on any atom is -0.397 e. The Morgan fingerprint density at radius 1 is 1.08 bits per heavy atom. The first kappa shape index (κ1) is 15.1. The summed E-state index contributed by atoms with van der Waals surface area (Å²) in [7, 11) is 0. The molecule has 0 radical (unpaired) electrons. The number of anilines is 1. The maximum absolute atomic E-state index is 6.16. The highest BCUT2D eigenvalue weighted by Crippen LogP contribution is 2.40. The first-order chi connectivity index (χ1) is 12.7. The third-order valence-corrected chi connectivity index (χ3v) is 5.04. The van der Waals surface area contributed by atoms with E-state index in [1.165, 1.54) is 11.3 Å². The van der Waals surface area contributed by atoms with Crippen molar-refractivity contribution >= 4 is 16.6 Å². The van der Waals surface area contributed by atoms with Crippen LogP contribution in [-0.4, -0.2) is 19.7 Å². The summed E-state index contributed by atoms with van der Waals surface area (Å²) in [4.78, 5) is 9.22. The Kier molecular flexibility index (Phi) is 3.28. The summed E-state index contributed by atoms with van der Waals surface area (Å²) in [6.07, 6.45) is 3.99. The summed E-state index contributed by atoms with van der Waals surface area (Å²) in [6.45, 7) is 2.97. The van der Waals surface area contributed by atoms with Crippen molar-refractivity contribution in [2.75, 3.05) is 5.73 Å². The van der Waals surface area contributed by atoms with Gasteiger partial charge in [0.2, 0.25) is 0 Å². The summed E-state index contributed by atoms with van der Waals surface area (Å²) in [5.41, 5.74) is 14.1. The molecule has 1 aliphatic heterocycles. The molecule has 0 saturated heterocycles. The number of nitrogen functional groups attached to an aromatic ring is 1. The van der Waals surface area contributed by atoms with Gasteiger partial charge in [-0.25, -0.2) is 0 Å². The summed E-state index contributed by atoms with van der Waals surface area (Å²) >= 11 is 0. The van der Waals surface area contributed by atoms with E-state index in [1.54, 1.807) is 0 Å². The Bertz CT molecular complexity index is 1140. The molecular formula is C21H19N5. The van der Waals surface area contributed by atoms with Crippen LogP contribution in [0.3, 0.4) is 0 Å². The van der Waals surface area contributed by atoms with Crippen LogP contribution in [0.4, 0.5) is 5.69 Å². The third-order valence-electron chi connectivity index (χ3n) is 5.04. The van der Waals surface area contributed by atoms with E-state index in [2.05, 4.69) is 21.8 Å². The zero-order valence-corrected chi connectivity index (χ0v) is 14.6. The zero-order valence-electron chi connectivity index (χ0n) is 14.6. The second kappa shape index (κ2) is 5.66. The van der Waals surface area contributed by atoms with Crippen LogP contribution >= 0.6 is 0 Å². The number of aryl methyl sites for hydroxylation is 2. The van der Waals surface area contributed by atoms with Crippen LogP contribution in [0.2, 0.25) is 0 Å². The van der Waals surface area contributed by atoms with Gasteiger partial charge in [0.15, 0.2) is 0 Å². The van der Waals surface area contributed by atoms with Crippen molar-refractivity contribution < 1.29 is 0 Å². The molecular weight excluding hydrogens is 322 g/mol. The largest absolute Gasteiger partial charge is 0.397 e. The van der Waals surface area contributed by atoms with E-state index in [0.717, 1.165) is 52.9 Å². The van der Waals surface area contributed by atoms with E-state index < -0.39 is 0 Å². The van der Waals surface area contributed by atoms with Crippen molar-refractivity contribution in [2.24, 2.45) is 0 Å². The Morgan fingerprint density at radius 3 is 2.85 bits per heavy atom. The van der Waals surface area contributed by atoms with Crippen LogP contribution in [0.1, 0.15) is 17.8 Å². The molecule has 5 heteroatoms. The number of rotatable bonds is 2. The van der Waals surface area contributed by atoms with Gasteiger partial charge >= 0.3 is 0 Å². The number of nitrogens with two attached hydrogens (primary N) is 1. The van der Waals surface area contributed by atoms with Crippen LogP contribution in [-0.2, 0) is 13.0 Å². The molecule has 1 aromatic carbocycles. The van der Waals surface area contributed by atoms with Crippen molar-refractivity contribution in [1.82, 2.24) is 19.7 Å². The van der Waals surface area contributed by atoms with Gasteiger partial charge in [0.25, 0.3) is 0 Å². The number of fused-ring (bicyclic) bond motifs is 2. The maximum atomic E-state index is 6.16. The Hall–Kier alpha value is -3.21. The molecule has 0 atom stereocenters. The van der Waals surface area contributed by atoms with Gasteiger partial charge in [0.05, 0.1) is 16.9 Å². The number of para-hydroxylation sites is 1. The molecule has 5 nitrogen and oxygen atoms in total. The molecule has 3 aromatic heterocycles. The molecule has 0 spiro atoms. The van der Waals surface area contributed by atoms with Crippen molar-refractivity contribution in [3.63, 3.8) is 0 Å². The molecule has 0 saturated carbocycles. The summed E-state index contributed by atoms with van der Waals surface area (Å²) in [5, 5.41) is 5.97. The molecule has 5 rings (SSSR count). The second-order valence-corrected chi connectivity index (χ2v) is 6.76. The molecule has 0 bridgehead atoms. The van der Waals surface area contributed by atoms with E-state index >= 15 is 0 Å². The lowest BCUT2D eigenvalue weighted by Gasteiger charge is -2.10. The summed E-state index contributed by atoms with van der Waals surface area (Å²) < 4.78 is 2.13. The van der Waals surface area contributed by atoms with Crippen molar-refractivity contribution in [3.05, 3.63) is 60.0 Å². The van der Waals surface area contributed by atoms with Crippen LogP contribution in [0.15, 0.2) is 48.7 Å². The van der Waals surface area contributed by atoms with Gasteiger partial charge < -0.3 is 5.73 Å². The first-order valence-electron chi connectivity index (χ1n) is 8.89. The van der Waals surface area contributed by atoms with E-state index in [4.69, 9.17) is 15.8 Å². The van der Waals surface area contributed by atoms with Crippen LogP contribution in [0, 0.1) is 6.92 Å². The molecule has 1 aliphatic rings. The molecule has 0 aliphatic carbocycles. The molecule has 26 heavy (non-hydrogen) atoms. The lowest BCUT2D eigenvalue weighted by Crippen LogP contribution is -1.95. The number of pyridine rings is 2. The minimum absolute atomic E-state index is 0.698. The van der Waals surface area contributed by atoms with E-state index in [0.29, 0.717) is 5.69 Å². The Balaban J connectivity index is 1.84. The fourth-order valence-electron chi connectivity index (χ4n) is 3.89. The number of nitrogens with zero attached hydrogens (tertiary/aromatic N) is 4. The molecule has 0 unspecified atom stereocenters. The lowest BCUT2D eigenvalue weighted by atomic mass is 9.96. The van der Waals surface area contributed by atoms with Gasteiger partial charge in [-0.1, -0.05) is 18.2 Å². The first-order valence-corrected chi connectivity index (χ1v) is 8.89. The van der Waals surface area contributed by atoms with Gasteiger partial charge in [-0.05, 0) is 49.6 Å². The van der Waals surface area contributed by atoms with Gasteiger partial charge in [0.1, 0.15) is 5.69 Å². The third kappa shape index (κ3) is 2.20. The smallest absolute Gasteiger partial charge is 0.119 e. The number of benzene rings is 1. The average molecular weight is 341 g/mol. The number of aromatic nitrogens is 4. The van der Waals surface area contributed by atoms with Gasteiger partial charge in [-0.15, -0.1) is 0 Å². The zero-order chi connectivity index (χ0) is 17.7. The molecule has 0 fully saturated rings. The summed E-state index contributed by atoms with van der Waals surface area (Å²) in [6, 6.07) is 14.1. The topological polar surface area (TPSA) is 69.6 Å². The van der Waals surface area contributed by atoms with Crippen molar-refractivity contribution in [1.29, 1.82) is 0 Å². The van der Waals surface area contributed by atoms with E-state index in [9.17, 15) is 0 Å². The van der Waals surface area contributed by atoms with Gasteiger partial charge in [-0.3, -0.25) is 14.6 Å². The molecule has 2 N–H and O–H groups in total. The molecule has 128 valence electrons. The SMILES string of the molecule is Cc1cccc(-c2nn3c(c2-c2ccnc4c(N)cccc24)CCC3)n1.